The molecule has 0 saturated carbocycles. The normalized spacial score (nSPS) is 13.7. The van der Waals surface area contributed by atoms with Crippen LogP contribution in [0.1, 0.15) is 20.9 Å². The molecule has 0 unspecified atom stereocenters. The molecule has 2 aromatic carbocycles. The number of rotatable bonds is 5. The van der Waals surface area contributed by atoms with Crippen molar-refractivity contribution in [3.63, 3.8) is 0 Å². The number of ether oxygens (including phenoxy) is 1. The highest BCUT2D eigenvalue weighted by Gasteiger charge is 2.12. The first-order valence-electron chi connectivity index (χ1n) is 9.38. The predicted molar refractivity (Wildman–Crippen MR) is 111 cm³/mol. The minimum absolute atomic E-state index is 0.215. The van der Waals surface area contributed by atoms with Gasteiger partial charge in [-0.15, -0.1) is 0 Å². The van der Waals surface area contributed by atoms with Crippen LogP contribution in [0.3, 0.4) is 0 Å². The summed E-state index contributed by atoms with van der Waals surface area (Å²) in [5.74, 6) is -0.326. The first kappa shape index (κ1) is 18.8. The number of nitrogens with one attached hydrogen (secondary N) is 2. The molecular weight excluding hydrogens is 370 g/mol. The summed E-state index contributed by atoms with van der Waals surface area (Å²) in [6, 6.07) is 17.7. The van der Waals surface area contributed by atoms with Gasteiger partial charge in [0.2, 0.25) is 0 Å². The molecule has 1 aromatic heterocycles. The zero-order valence-corrected chi connectivity index (χ0v) is 15.8. The average Bonchev–Trinajstić information content (AvgIpc) is 3.31. The smallest absolute Gasteiger partial charge is 0.291 e. The SMILES string of the molecule is O=C(Nc1ccc(N2CCOCC2)cc1)c1ccc(NC(=O)c2ccco2)cc1. The molecule has 0 bridgehead atoms. The van der Waals surface area contributed by atoms with Gasteiger partial charge in [-0.25, -0.2) is 0 Å². The molecule has 7 nitrogen and oxygen atoms in total. The second-order valence-electron chi connectivity index (χ2n) is 6.61. The highest BCUT2D eigenvalue weighted by molar-refractivity contribution is 6.05. The maximum atomic E-state index is 12.5. The summed E-state index contributed by atoms with van der Waals surface area (Å²) >= 11 is 0. The van der Waals surface area contributed by atoms with Crippen LogP contribution in [0.4, 0.5) is 17.1 Å². The monoisotopic (exact) mass is 391 g/mol. The van der Waals surface area contributed by atoms with Crippen molar-refractivity contribution in [2.24, 2.45) is 0 Å². The number of anilines is 3. The molecule has 148 valence electrons. The molecule has 29 heavy (non-hydrogen) atoms. The van der Waals surface area contributed by atoms with E-state index in [1.54, 1.807) is 36.4 Å². The number of carbonyl (C=O) groups is 2. The molecule has 0 spiro atoms. The fraction of sp³-hybridized carbons (Fsp3) is 0.182. The van der Waals surface area contributed by atoms with E-state index < -0.39 is 0 Å². The fourth-order valence-corrected chi connectivity index (χ4v) is 3.09. The molecule has 1 aliphatic heterocycles. The quantitative estimate of drug-likeness (QED) is 0.694. The van der Waals surface area contributed by atoms with Crippen molar-refractivity contribution in [3.8, 4) is 0 Å². The molecular formula is C22H21N3O4. The molecule has 1 fully saturated rings. The Kier molecular flexibility index (Phi) is 5.58. The maximum absolute atomic E-state index is 12.5. The number of benzene rings is 2. The van der Waals surface area contributed by atoms with Gasteiger partial charge in [-0.3, -0.25) is 9.59 Å². The van der Waals surface area contributed by atoms with E-state index in [0.717, 1.165) is 37.7 Å². The zero-order chi connectivity index (χ0) is 20.1. The van der Waals surface area contributed by atoms with Gasteiger partial charge in [0.05, 0.1) is 19.5 Å². The highest BCUT2D eigenvalue weighted by Crippen LogP contribution is 2.20. The molecule has 4 rings (SSSR count). The van der Waals surface area contributed by atoms with E-state index in [0.29, 0.717) is 11.3 Å². The van der Waals surface area contributed by atoms with Gasteiger partial charge in [-0.1, -0.05) is 0 Å². The number of hydrogen-bond donors (Lipinski definition) is 2. The van der Waals surface area contributed by atoms with Crippen LogP contribution in [-0.2, 0) is 4.74 Å². The molecule has 2 heterocycles. The van der Waals surface area contributed by atoms with Crippen molar-refractivity contribution in [1.82, 2.24) is 0 Å². The van der Waals surface area contributed by atoms with Gasteiger partial charge in [0.1, 0.15) is 0 Å². The standard InChI is InChI=1S/C22H21N3O4/c26-21(23-18-7-9-19(10-8-18)25-11-14-28-15-12-25)16-3-5-17(6-4-16)24-22(27)20-2-1-13-29-20/h1-10,13H,11-12,14-15H2,(H,23,26)(H,24,27). The van der Waals surface area contributed by atoms with E-state index in [-0.39, 0.29) is 17.6 Å². The summed E-state index contributed by atoms with van der Waals surface area (Å²) < 4.78 is 10.4. The predicted octanol–water partition coefficient (Wildman–Crippen LogP) is 3.62. The zero-order valence-electron chi connectivity index (χ0n) is 15.8. The lowest BCUT2D eigenvalue weighted by atomic mass is 10.1. The topological polar surface area (TPSA) is 83.8 Å². The van der Waals surface area contributed by atoms with Crippen LogP contribution in [0.2, 0.25) is 0 Å². The van der Waals surface area contributed by atoms with Gasteiger partial charge in [0, 0.05) is 35.7 Å². The molecule has 1 aliphatic rings. The Hall–Kier alpha value is -3.58. The average molecular weight is 391 g/mol. The lowest BCUT2D eigenvalue weighted by molar-refractivity contribution is 0.0995. The lowest BCUT2D eigenvalue weighted by Crippen LogP contribution is -2.36. The number of carbonyl (C=O) groups excluding carboxylic acids is 2. The van der Waals surface area contributed by atoms with Crippen molar-refractivity contribution >= 4 is 28.9 Å². The Morgan fingerprint density at radius 2 is 1.41 bits per heavy atom. The van der Waals surface area contributed by atoms with Gasteiger partial charge >= 0.3 is 0 Å². The molecule has 2 N–H and O–H groups in total. The maximum Gasteiger partial charge on any atom is 0.291 e. The Morgan fingerprint density at radius 3 is 2.03 bits per heavy atom. The molecule has 2 amide bonds. The second-order valence-corrected chi connectivity index (χ2v) is 6.61. The van der Waals surface area contributed by atoms with Gasteiger partial charge in [0.25, 0.3) is 11.8 Å². The van der Waals surface area contributed by atoms with Crippen LogP contribution in [0, 0.1) is 0 Å². The summed E-state index contributed by atoms with van der Waals surface area (Å²) in [5, 5.41) is 5.61. The third kappa shape index (κ3) is 4.64. The minimum Gasteiger partial charge on any atom is -0.459 e. The van der Waals surface area contributed by atoms with Crippen LogP contribution < -0.4 is 15.5 Å². The fourth-order valence-electron chi connectivity index (χ4n) is 3.09. The van der Waals surface area contributed by atoms with E-state index >= 15 is 0 Å². The van der Waals surface area contributed by atoms with Crippen molar-refractivity contribution in [2.75, 3.05) is 41.8 Å². The van der Waals surface area contributed by atoms with Crippen LogP contribution in [0.25, 0.3) is 0 Å². The molecule has 7 heteroatoms. The van der Waals surface area contributed by atoms with Gasteiger partial charge < -0.3 is 24.7 Å². The van der Waals surface area contributed by atoms with Crippen molar-refractivity contribution in [1.29, 1.82) is 0 Å². The van der Waals surface area contributed by atoms with E-state index in [4.69, 9.17) is 9.15 Å². The van der Waals surface area contributed by atoms with E-state index in [1.807, 2.05) is 24.3 Å². The van der Waals surface area contributed by atoms with Crippen molar-refractivity contribution < 1.29 is 18.7 Å². The summed E-state index contributed by atoms with van der Waals surface area (Å²) in [6.07, 6.45) is 1.44. The third-order valence-electron chi connectivity index (χ3n) is 4.65. The Labute approximate surface area is 168 Å². The van der Waals surface area contributed by atoms with Crippen molar-refractivity contribution in [3.05, 3.63) is 78.3 Å². The van der Waals surface area contributed by atoms with Gasteiger partial charge in [0.15, 0.2) is 5.76 Å². The van der Waals surface area contributed by atoms with E-state index in [2.05, 4.69) is 15.5 Å². The molecule has 0 radical (unpaired) electrons. The molecule has 0 aliphatic carbocycles. The lowest BCUT2D eigenvalue weighted by Gasteiger charge is -2.28. The van der Waals surface area contributed by atoms with Gasteiger partial charge in [-0.2, -0.15) is 0 Å². The van der Waals surface area contributed by atoms with Crippen LogP contribution >= 0.6 is 0 Å². The minimum atomic E-state index is -0.340. The Morgan fingerprint density at radius 1 is 0.793 bits per heavy atom. The first-order chi connectivity index (χ1) is 14.2. The van der Waals surface area contributed by atoms with Crippen LogP contribution in [-0.4, -0.2) is 38.1 Å². The van der Waals surface area contributed by atoms with Gasteiger partial charge in [-0.05, 0) is 60.7 Å². The van der Waals surface area contributed by atoms with Crippen LogP contribution in [0.5, 0.6) is 0 Å². The largest absolute Gasteiger partial charge is 0.459 e. The summed E-state index contributed by atoms with van der Waals surface area (Å²) in [5.41, 5.74) is 2.92. The number of amides is 2. The summed E-state index contributed by atoms with van der Waals surface area (Å²) in [6.45, 7) is 3.20. The molecule has 3 aromatic rings. The van der Waals surface area contributed by atoms with E-state index in [9.17, 15) is 9.59 Å². The molecule has 0 atom stereocenters. The third-order valence-corrected chi connectivity index (χ3v) is 4.65. The number of morpholine rings is 1. The summed E-state index contributed by atoms with van der Waals surface area (Å²) in [7, 11) is 0. The highest BCUT2D eigenvalue weighted by atomic mass is 16.5. The first-order valence-corrected chi connectivity index (χ1v) is 9.38. The van der Waals surface area contributed by atoms with E-state index in [1.165, 1.54) is 6.26 Å². The molecule has 1 saturated heterocycles. The summed E-state index contributed by atoms with van der Waals surface area (Å²) in [4.78, 5) is 26.7. The Bertz CT molecular complexity index is 960. The number of hydrogen-bond acceptors (Lipinski definition) is 5. The van der Waals surface area contributed by atoms with Crippen LogP contribution in [0.15, 0.2) is 71.3 Å². The number of furan rings is 1. The second kappa shape index (κ2) is 8.62. The number of nitrogens with zero attached hydrogens (tertiary/aromatic N) is 1. The Balaban J connectivity index is 1.35. The van der Waals surface area contributed by atoms with Crippen molar-refractivity contribution in [2.45, 2.75) is 0 Å².